The zero-order chi connectivity index (χ0) is 13.9. The Morgan fingerprint density at radius 1 is 1.35 bits per heavy atom. The van der Waals surface area contributed by atoms with E-state index in [0.29, 0.717) is 12.1 Å². The number of anilines is 1. The number of carbonyl (C=O) groups is 1. The minimum atomic E-state index is -0.0536. The summed E-state index contributed by atoms with van der Waals surface area (Å²) in [6.07, 6.45) is 2.83. The van der Waals surface area contributed by atoms with Crippen molar-refractivity contribution >= 4 is 11.6 Å². The first-order chi connectivity index (χ1) is 9.72. The standard InChI is InChI=1S/C16H17N3O/c1-11-2-3-12(9-18-11)10-19-16(20)14-5-4-13-6-7-17-15(13)8-14/h2-5,8-9,17H,6-7,10H2,1H3,(H,19,20). The number of aryl methyl sites for hydroxylation is 1. The Bertz CT molecular complexity index is 635. The lowest BCUT2D eigenvalue weighted by Crippen LogP contribution is -2.22. The zero-order valence-electron chi connectivity index (χ0n) is 11.4. The average molecular weight is 267 g/mol. The van der Waals surface area contributed by atoms with E-state index >= 15 is 0 Å². The third-order valence-electron chi connectivity index (χ3n) is 3.51. The van der Waals surface area contributed by atoms with Gasteiger partial charge in [0.2, 0.25) is 0 Å². The molecule has 1 aliphatic heterocycles. The molecule has 1 amide bonds. The Morgan fingerprint density at radius 3 is 3.05 bits per heavy atom. The molecule has 2 aromatic rings. The molecule has 2 heterocycles. The van der Waals surface area contributed by atoms with E-state index in [9.17, 15) is 4.79 Å². The molecule has 0 unspecified atom stereocenters. The fourth-order valence-electron chi connectivity index (χ4n) is 2.32. The molecule has 20 heavy (non-hydrogen) atoms. The largest absolute Gasteiger partial charge is 0.384 e. The van der Waals surface area contributed by atoms with Crippen LogP contribution in [0.5, 0.6) is 0 Å². The van der Waals surface area contributed by atoms with Crippen LogP contribution in [0.3, 0.4) is 0 Å². The second-order valence-corrected chi connectivity index (χ2v) is 5.04. The highest BCUT2D eigenvalue weighted by atomic mass is 16.1. The van der Waals surface area contributed by atoms with Crippen molar-refractivity contribution in [2.45, 2.75) is 19.9 Å². The van der Waals surface area contributed by atoms with Gasteiger partial charge in [0.15, 0.2) is 0 Å². The van der Waals surface area contributed by atoms with Gasteiger partial charge < -0.3 is 10.6 Å². The van der Waals surface area contributed by atoms with Crippen molar-refractivity contribution in [1.29, 1.82) is 0 Å². The minimum absolute atomic E-state index is 0.0536. The van der Waals surface area contributed by atoms with Gasteiger partial charge in [0.1, 0.15) is 0 Å². The number of fused-ring (bicyclic) bond motifs is 1. The summed E-state index contributed by atoms with van der Waals surface area (Å²) in [5, 5.41) is 6.20. The summed E-state index contributed by atoms with van der Waals surface area (Å²) < 4.78 is 0. The van der Waals surface area contributed by atoms with E-state index in [1.54, 1.807) is 6.20 Å². The Hall–Kier alpha value is -2.36. The molecule has 1 aliphatic rings. The van der Waals surface area contributed by atoms with E-state index in [1.165, 1.54) is 5.56 Å². The lowest BCUT2D eigenvalue weighted by Gasteiger charge is -2.07. The van der Waals surface area contributed by atoms with Crippen LogP contribution >= 0.6 is 0 Å². The third kappa shape index (κ3) is 2.64. The maximum Gasteiger partial charge on any atom is 0.251 e. The Balaban J connectivity index is 1.66. The molecule has 4 heteroatoms. The molecule has 1 aromatic carbocycles. The van der Waals surface area contributed by atoms with Crippen LogP contribution < -0.4 is 10.6 Å². The van der Waals surface area contributed by atoms with Crippen LogP contribution in [-0.2, 0) is 13.0 Å². The number of benzene rings is 1. The van der Waals surface area contributed by atoms with E-state index in [0.717, 1.165) is 29.9 Å². The van der Waals surface area contributed by atoms with Crippen molar-refractivity contribution in [2.75, 3.05) is 11.9 Å². The molecule has 0 spiro atoms. The molecular weight excluding hydrogens is 250 g/mol. The first kappa shape index (κ1) is 12.7. The molecule has 0 atom stereocenters. The molecule has 0 aliphatic carbocycles. The first-order valence-electron chi connectivity index (χ1n) is 6.79. The fraction of sp³-hybridized carbons (Fsp3) is 0.250. The van der Waals surface area contributed by atoms with Crippen molar-refractivity contribution in [1.82, 2.24) is 10.3 Å². The molecule has 2 N–H and O–H groups in total. The summed E-state index contributed by atoms with van der Waals surface area (Å²) in [6.45, 7) is 3.39. The van der Waals surface area contributed by atoms with Gasteiger partial charge in [-0.15, -0.1) is 0 Å². The predicted molar refractivity (Wildman–Crippen MR) is 78.8 cm³/mol. The SMILES string of the molecule is Cc1ccc(CNC(=O)c2ccc3c(c2)NCC3)cn1. The van der Waals surface area contributed by atoms with Crippen LogP contribution in [0.15, 0.2) is 36.5 Å². The van der Waals surface area contributed by atoms with E-state index in [-0.39, 0.29) is 5.91 Å². The van der Waals surface area contributed by atoms with Crippen LogP contribution in [0.25, 0.3) is 0 Å². The highest BCUT2D eigenvalue weighted by molar-refractivity contribution is 5.95. The quantitative estimate of drug-likeness (QED) is 0.897. The van der Waals surface area contributed by atoms with Crippen molar-refractivity contribution in [3.8, 4) is 0 Å². The molecule has 102 valence electrons. The summed E-state index contributed by atoms with van der Waals surface area (Å²) in [4.78, 5) is 16.3. The average Bonchev–Trinajstić information content (AvgIpc) is 2.93. The van der Waals surface area contributed by atoms with Gasteiger partial charge in [-0.25, -0.2) is 0 Å². The number of nitrogens with one attached hydrogen (secondary N) is 2. The van der Waals surface area contributed by atoms with Gasteiger partial charge in [0.05, 0.1) is 0 Å². The smallest absolute Gasteiger partial charge is 0.251 e. The molecule has 0 bridgehead atoms. The second kappa shape index (κ2) is 5.33. The van der Waals surface area contributed by atoms with E-state index in [4.69, 9.17) is 0 Å². The molecule has 4 nitrogen and oxygen atoms in total. The maximum absolute atomic E-state index is 12.1. The summed E-state index contributed by atoms with van der Waals surface area (Å²) in [5.41, 5.74) is 5.03. The number of carbonyl (C=O) groups excluding carboxylic acids is 1. The maximum atomic E-state index is 12.1. The van der Waals surface area contributed by atoms with Crippen molar-refractivity contribution in [3.05, 3.63) is 58.9 Å². The number of nitrogens with zero attached hydrogens (tertiary/aromatic N) is 1. The lowest BCUT2D eigenvalue weighted by atomic mass is 10.1. The highest BCUT2D eigenvalue weighted by Gasteiger charge is 2.13. The summed E-state index contributed by atoms with van der Waals surface area (Å²) in [5.74, 6) is -0.0536. The van der Waals surface area contributed by atoms with Crippen molar-refractivity contribution in [3.63, 3.8) is 0 Å². The van der Waals surface area contributed by atoms with Crippen LogP contribution in [0, 0.1) is 6.92 Å². The first-order valence-corrected chi connectivity index (χ1v) is 6.79. The Kier molecular flexibility index (Phi) is 3.37. The normalized spacial score (nSPS) is 12.7. The second-order valence-electron chi connectivity index (χ2n) is 5.04. The van der Waals surface area contributed by atoms with Crippen LogP contribution in [-0.4, -0.2) is 17.4 Å². The summed E-state index contributed by atoms with van der Waals surface area (Å²) >= 11 is 0. The molecule has 1 aromatic heterocycles. The Morgan fingerprint density at radius 2 is 2.25 bits per heavy atom. The Labute approximate surface area is 118 Å². The van der Waals surface area contributed by atoms with Crippen LogP contribution in [0.2, 0.25) is 0 Å². The van der Waals surface area contributed by atoms with Gasteiger partial charge in [-0.3, -0.25) is 9.78 Å². The number of hydrogen-bond donors (Lipinski definition) is 2. The molecular formula is C16H17N3O. The van der Waals surface area contributed by atoms with E-state index < -0.39 is 0 Å². The number of aromatic nitrogens is 1. The summed E-state index contributed by atoms with van der Waals surface area (Å²) in [6, 6.07) is 9.75. The van der Waals surface area contributed by atoms with E-state index in [1.807, 2.05) is 37.3 Å². The minimum Gasteiger partial charge on any atom is -0.384 e. The number of rotatable bonds is 3. The highest BCUT2D eigenvalue weighted by Crippen LogP contribution is 2.23. The number of hydrogen-bond acceptors (Lipinski definition) is 3. The van der Waals surface area contributed by atoms with Gasteiger partial charge >= 0.3 is 0 Å². The molecule has 0 saturated heterocycles. The molecule has 3 rings (SSSR count). The third-order valence-corrected chi connectivity index (χ3v) is 3.51. The van der Waals surface area contributed by atoms with Crippen LogP contribution in [0.1, 0.15) is 27.2 Å². The van der Waals surface area contributed by atoms with Crippen molar-refractivity contribution in [2.24, 2.45) is 0 Å². The van der Waals surface area contributed by atoms with Gasteiger partial charge in [-0.1, -0.05) is 12.1 Å². The summed E-state index contributed by atoms with van der Waals surface area (Å²) in [7, 11) is 0. The van der Waals surface area contributed by atoms with E-state index in [2.05, 4.69) is 15.6 Å². The van der Waals surface area contributed by atoms with Gasteiger partial charge in [-0.2, -0.15) is 0 Å². The van der Waals surface area contributed by atoms with Gasteiger partial charge in [0, 0.05) is 36.2 Å². The molecule has 0 fully saturated rings. The predicted octanol–water partition coefficient (Wildman–Crippen LogP) is 2.29. The fourth-order valence-corrected chi connectivity index (χ4v) is 2.32. The van der Waals surface area contributed by atoms with Gasteiger partial charge in [-0.05, 0) is 42.7 Å². The monoisotopic (exact) mass is 267 g/mol. The number of pyridine rings is 1. The molecule has 0 saturated carbocycles. The number of amides is 1. The zero-order valence-corrected chi connectivity index (χ0v) is 11.4. The van der Waals surface area contributed by atoms with Gasteiger partial charge in [0.25, 0.3) is 5.91 Å². The molecule has 0 radical (unpaired) electrons. The lowest BCUT2D eigenvalue weighted by molar-refractivity contribution is 0.0951. The van der Waals surface area contributed by atoms with Crippen LogP contribution in [0.4, 0.5) is 5.69 Å². The van der Waals surface area contributed by atoms with Crippen molar-refractivity contribution < 1.29 is 4.79 Å². The topological polar surface area (TPSA) is 54.0 Å².